The molecule has 6 heteroatoms. The Morgan fingerprint density at radius 1 is 0.889 bits per heavy atom. The number of benzene rings is 2. The molecule has 2 rings (SSSR count). The van der Waals surface area contributed by atoms with Crippen molar-refractivity contribution < 1.29 is 8.78 Å². The molecule has 0 aliphatic heterocycles. The molecule has 0 aromatic heterocycles. The maximum absolute atomic E-state index is 12.3. The molecule has 0 heterocycles. The topological polar surface area (TPSA) is 0 Å². The van der Waals surface area contributed by atoms with Gasteiger partial charge in [0.05, 0.1) is 9.92 Å². The van der Waals surface area contributed by atoms with E-state index in [1.807, 2.05) is 0 Å². The largest absolute Gasteiger partial charge is 0.206 e. The molecule has 0 nitrogen and oxygen atoms in total. The van der Waals surface area contributed by atoms with Crippen molar-refractivity contribution in [3.63, 3.8) is 0 Å². The molecule has 0 aliphatic carbocycles. The second-order valence-electron chi connectivity index (χ2n) is 3.17. The Hall–Kier alpha value is -0.420. The summed E-state index contributed by atoms with van der Waals surface area (Å²) in [6.07, 6.45) is 0. The van der Waals surface area contributed by atoms with Gasteiger partial charge in [-0.3, -0.25) is 0 Å². The molecule has 0 spiro atoms. The van der Waals surface area contributed by atoms with Crippen LogP contribution in [0.3, 0.4) is 0 Å². The Balaban J connectivity index is 0.000000180. The van der Waals surface area contributed by atoms with Crippen molar-refractivity contribution in [2.75, 3.05) is 0 Å². The van der Waals surface area contributed by atoms with Crippen LogP contribution in [0.4, 0.5) is 8.78 Å². The lowest BCUT2D eigenvalue weighted by molar-refractivity contribution is 0.541. The minimum Gasteiger partial charge on any atom is -0.206 e. The van der Waals surface area contributed by atoms with Gasteiger partial charge in [0.2, 0.25) is 0 Å². The maximum Gasteiger partial charge on any atom is 0.139 e. The molecule has 0 amide bonds. The highest BCUT2D eigenvalue weighted by Gasteiger charge is 2.00. The van der Waals surface area contributed by atoms with Crippen LogP contribution in [0.1, 0.15) is 0 Å². The van der Waals surface area contributed by atoms with Gasteiger partial charge in [-0.2, -0.15) is 0 Å². The first-order valence-electron chi connectivity index (χ1n) is 4.69. The summed E-state index contributed by atoms with van der Waals surface area (Å²) in [4.78, 5) is 0.526. The fourth-order valence-electron chi connectivity index (χ4n) is 0.970. The SMILES string of the molecule is Fc1cccc(F)c1S.Sc1ccc(Cl)cc1Cl. The zero-order valence-electron chi connectivity index (χ0n) is 8.87. The molecule has 2 aromatic carbocycles. The fraction of sp³-hybridized carbons (Fsp3) is 0. The van der Waals surface area contributed by atoms with E-state index in [0.29, 0.717) is 10.0 Å². The van der Waals surface area contributed by atoms with Crippen LogP contribution in [-0.4, -0.2) is 0 Å². The second-order valence-corrected chi connectivity index (χ2v) is 4.94. The summed E-state index contributed by atoms with van der Waals surface area (Å²) in [6, 6.07) is 8.77. The van der Waals surface area contributed by atoms with Gasteiger partial charge in [-0.05, 0) is 30.3 Å². The Morgan fingerprint density at radius 3 is 1.83 bits per heavy atom. The molecule has 0 atom stereocenters. The zero-order valence-corrected chi connectivity index (χ0v) is 12.2. The van der Waals surface area contributed by atoms with Gasteiger partial charge in [-0.15, -0.1) is 25.3 Å². The Labute approximate surface area is 125 Å². The van der Waals surface area contributed by atoms with Crippen molar-refractivity contribution in [3.05, 3.63) is 58.1 Å². The van der Waals surface area contributed by atoms with Gasteiger partial charge in [0.15, 0.2) is 0 Å². The molecule has 0 fully saturated rings. The second kappa shape index (κ2) is 7.24. The first-order chi connectivity index (χ1) is 8.41. The highest BCUT2D eigenvalue weighted by molar-refractivity contribution is 7.80. The van der Waals surface area contributed by atoms with Crippen LogP contribution in [0.25, 0.3) is 0 Å². The summed E-state index contributed by atoms with van der Waals surface area (Å²) in [7, 11) is 0. The van der Waals surface area contributed by atoms with Crippen LogP contribution in [0.2, 0.25) is 10.0 Å². The maximum atomic E-state index is 12.3. The summed E-state index contributed by atoms with van der Waals surface area (Å²) in [5, 5.41) is 1.23. The molecule has 2 aromatic rings. The number of halogens is 4. The number of hydrogen-bond donors (Lipinski definition) is 2. The summed E-state index contributed by atoms with van der Waals surface area (Å²) in [5.41, 5.74) is 0. The van der Waals surface area contributed by atoms with Crippen molar-refractivity contribution in [1.82, 2.24) is 0 Å². The zero-order chi connectivity index (χ0) is 13.7. The van der Waals surface area contributed by atoms with Crippen molar-refractivity contribution in [3.8, 4) is 0 Å². The molecular weight excluding hydrogens is 317 g/mol. The molecular formula is C12H8Cl2F2S2. The fourth-order valence-corrected chi connectivity index (χ4v) is 1.67. The van der Waals surface area contributed by atoms with Gasteiger partial charge < -0.3 is 0 Å². The highest BCUT2D eigenvalue weighted by Crippen LogP contribution is 2.23. The third-order valence-corrected chi connectivity index (χ3v) is 3.34. The van der Waals surface area contributed by atoms with Crippen LogP contribution in [0, 0.1) is 11.6 Å². The molecule has 0 radical (unpaired) electrons. The van der Waals surface area contributed by atoms with Crippen molar-refractivity contribution >= 4 is 48.5 Å². The lowest BCUT2D eigenvalue weighted by atomic mass is 10.3. The minimum atomic E-state index is -0.627. The normalized spacial score (nSPS) is 9.67. The molecule has 0 saturated carbocycles. The molecule has 0 saturated heterocycles. The Bertz CT molecular complexity index is 527. The van der Waals surface area contributed by atoms with E-state index in [-0.39, 0.29) is 4.90 Å². The highest BCUT2D eigenvalue weighted by atomic mass is 35.5. The summed E-state index contributed by atoms with van der Waals surface area (Å²) >= 11 is 18.9. The minimum absolute atomic E-state index is 0.225. The van der Waals surface area contributed by atoms with Gasteiger partial charge >= 0.3 is 0 Å². The van der Waals surface area contributed by atoms with Crippen molar-refractivity contribution in [2.24, 2.45) is 0 Å². The molecule has 0 bridgehead atoms. The van der Waals surface area contributed by atoms with Gasteiger partial charge in [-0.1, -0.05) is 29.3 Å². The average molecular weight is 325 g/mol. The van der Waals surface area contributed by atoms with Gasteiger partial charge in [0, 0.05) is 9.92 Å². The predicted octanol–water partition coefficient (Wildman–Crippen LogP) is 5.54. The van der Waals surface area contributed by atoms with E-state index in [1.165, 1.54) is 6.07 Å². The van der Waals surface area contributed by atoms with Gasteiger partial charge in [-0.25, -0.2) is 8.78 Å². The Morgan fingerprint density at radius 2 is 1.44 bits per heavy atom. The summed E-state index contributed by atoms with van der Waals surface area (Å²) in [6.45, 7) is 0. The third-order valence-electron chi connectivity index (χ3n) is 1.85. The molecule has 0 unspecified atom stereocenters. The summed E-state index contributed by atoms with van der Waals surface area (Å²) < 4.78 is 24.5. The van der Waals surface area contributed by atoms with Crippen molar-refractivity contribution in [2.45, 2.75) is 9.79 Å². The van der Waals surface area contributed by atoms with E-state index in [1.54, 1.807) is 18.2 Å². The van der Waals surface area contributed by atoms with Crippen LogP contribution in [-0.2, 0) is 0 Å². The standard InChI is InChI=1S/C6H4Cl2S.C6H4F2S/c7-4-1-2-6(9)5(8)3-4;7-4-2-1-3-5(8)6(4)9/h2*1-3,9H. The van der Waals surface area contributed by atoms with E-state index in [4.69, 9.17) is 23.2 Å². The van der Waals surface area contributed by atoms with Gasteiger partial charge in [0.1, 0.15) is 11.6 Å². The summed E-state index contributed by atoms with van der Waals surface area (Å²) in [5.74, 6) is -1.25. The Kier molecular flexibility index (Phi) is 6.29. The first kappa shape index (κ1) is 15.6. The van der Waals surface area contributed by atoms with Gasteiger partial charge in [0.25, 0.3) is 0 Å². The van der Waals surface area contributed by atoms with Crippen molar-refractivity contribution in [1.29, 1.82) is 0 Å². The quantitative estimate of drug-likeness (QED) is 0.584. The van der Waals surface area contributed by atoms with Crippen LogP contribution >= 0.6 is 48.5 Å². The first-order valence-corrected chi connectivity index (χ1v) is 6.34. The molecule has 0 N–H and O–H groups in total. The van der Waals surface area contributed by atoms with E-state index in [9.17, 15) is 8.78 Å². The van der Waals surface area contributed by atoms with Crippen LogP contribution in [0.5, 0.6) is 0 Å². The van der Waals surface area contributed by atoms with E-state index >= 15 is 0 Å². The lowest BCUT2D eigenvalue weighted by Gasteiger charge is -1.93. The van der Waals surface area contributed by atoms with E-state index in [2.05, 4.69) is 25.3 Å². The lowest BCUT2D eigenvalue weighted by Crippen LogP contribution is -1.81. The van der Waals surface area contributed by atoms with E-state index < -0.39 is 11.6 Å². The van der Waals surface area contributed by atoms with Crippen LogP contribution in [0.15, 0.2) is 46.2 Å². The van der Waals surface area contributed by atoms with E-state index in [0.717, 1.165) is 17.0 Å². The van der Waals surface area contributed by atoms with Crippen LogP contribution < -0.4 is 0 Å². The third kappa shape index (κ3) is 4.69. The number of thiol groups is 2. The monoisotopic (exact) mass is 324 g/mol. The molecule has 18 heavy (non-hydrogen) atoms. The predicted molar refractivity (Wildman–Crippen MR) is 77.3 cm³/mol. The molecule has 96 valence electrons. The molecule has 0 aliphatic rings. The average Bonchev–Trinajstić information content (AvgIpc) is 2.32. The number of rotatable bonds is 0. The number of hydrogen-bond acceptors (Lipinski definition) is 2. The smallest absolute Gasteiger partial charge is 0.139 e.